The van der Waals surface area contributed by atoms with E-state index in [1.165, 1.54) is 14.0 Å². The summed E-state index contributed by atoms with van der Waals surface area (Å²) >= 11 is 0. The van der Waals surface area contributed by atoms with E-state index >= 15 is 0 Å². The molecule has 0 heterocycles. The molecule has 0 aromatic heterocycles. The van der Waals surface area contributed by atoms with Crippen molar-refractivity contribution >= 4 is 33.1 Å². The normalized spacial score (nSPS) is 12.1. The number of rotatable bonds is 8. The molecule has 2 aromatic carbocycles. The molecule has 0 spiro atoms. The molecule has 2 rings (SSSR count). The van der Waals surface area contributed by atoms with Gasteiger partial charge in [-0.2, -0.15) is 0 Å². The van der Waals surface area contributed by atoms with Crippen molar-refractivity contribution < 1.29 is 22.7 Å². The number of amides is 1. The number of ether oxygens (including phenoxy) is 1. The first-order valence-electron chi connectivity index (χ1n) is 8.72. The number of carbonyl (C=O) groups excluding carboxylic acids is 2. The summed E-state index contributed by atoms with van der Waals surface area (Å²) in [5.74, 6) is -0.0284. The molecular formula is C20H24N2O5S. The maximum absolute atomic E-state index is 12.9. The smallest absolute Gasteiger partial charge is 0.248 e. The van der Waals surface area contributed by atoms with Crippen LogP contribution in [-0.4, -0.2) is 39.5 Å². The van der Waals surface area contributed by atoms with Gasteiger partial charge < -0.3 is 10.1 Å². The van der Waals surface area contributed by atoms with Gasteiger partial charge in [0.1, 0.15) is 11.8 Å². The molecule has 0 saturated carbocycles. The Balaban J connectivity index is 2.36. The number of nitrogens with one attached hydrogen (secondary N) is 1. The summed E-state index contributed by atoms with van der Waals surface area (Å²) in [6, 6.07) is 12.0. The maximum Gasteiger partial charge on any atom is 0.248 e. The average Bonchev–Trinajstić information content (AvgIpc) is 2.65. The lowest BCUT2D eigenvalue weighted by Crippen LogP contribution is -2.47. The van der Waals surface area contributed by atoms with Crippen LogP contribution >= 0.6 is 0 Å². The Labute approximate surface area is 165 Å². The molecule has 0 bridgehead atoms. The summed E-state index contributed by atoms with van der Waals surface area (Å²) in [5.41, 5.74) is 1.25. The molecule has 1 N–H and O–H groups in total. The van der Waals surface area contributed by atoms with Crippen molar-refractivity contribution in [2.24, 2.45) is 0 Å². The van der Waals surface area contributed by atoms with Crippen molar-refractivity contribution in [1.82, 2.24) is 0 Å². The molecule has 0 aliphatic rings. The lowest BCUT2D eigenvalue weighted by atomic mass is 10.1. The molecule has 0 saturated heterocycles. The number of carbonyl (C=O) groups is 2. The second-order valence-corrected chi connectivity index (χ2v) is 8.17. The molecule has 8 heteroatoms. The fraction of sp³-hybridized carbons (Fsp3) is 0.300. The summed E-state index contributed by atoms with van der Waals surface area (Å²) in [4.78, 5) is 24.4. The maximum atomic E-state index is 12.9. The highest BCUT2D eigenvalue weighted by molar-refractivity contribution is 7.92. The van der Waals surface area contributed by atoms with Crippen LogP contribution in [-0.2, 0) is 14.8 Å². The average molecular weight is 404 g/mol. The first-order chi connectivity index (χ1) is 13.2. The Morgan fingerprint density at radius 3 is 2.29 bits per heavy atom. The molecule has 7 nitrogen and oxygen atoms in total. The quantitative estimate of drug-likeness (QED) is 0.683. The third-order valence-corrected chi connectivity index (χ3v) is 5.37. The van der Waals surface area contributed by atoms with Crippen LogP contribution in [0, 0.1) is 0 Å². The van der Waals surface area contributed by atoms with Crippen molar-refractivity contribution in [2.75, 3.05) is 23.0 Å². The van der Waals surface area contributed by atoms with Crippen LogP contribution in [0.1, 0.15) is 30.6 Å². The van der Waals surface area contributed by atoms with Gasteiger partial charge >= 0.3 is 0 Å². The SMILES string of the molecule is CCC(C(=O)Nc1cccc(C(C)=O)c1)N(c1ccc(OC)cc1)S(C)(=O)=O. The number of nitrogens with zero attached hydrogens (tertiary/aromatic N) is 1. The lowest BCUT2D eigenvalue weighted by molar-refractivity contribution is -0.117. The van der Waals surface area contributed by atoms with E-state index in [0.29, 0.717) is 22.7 Å². The summed E-state index contributed by atoms with van der Waals surface area (Å²) in [6.07, 6.45) is 1.32. The third kappa shape index (κ3) is 5.10. The van der Waals surface area contributed by atoms with Gasteiger partial charge in [-0.3, -0.25) is 13.9 Å². The van der Waals surface area contributed by atoms with E-state index in [-0.39, 0.29) is 12.2 Å². The van der Waals surface area contributed by atoms with Gasteiger partial charge in [-0.15, -0.1) is 0 Å². The number of methoxy groups -OCH3 is 1. The van der Waals surface area contributed by atoms with Gasteiger partial charge in [-0.05, 0) is 49.7 Å². The molecule has 28 heavy (non-hydrogen) atoms. The van der Waals surface area contributed by atoms with Crippen LogP contribution in [0.2, 0.25) is 0 Å². The number of hydrogen-bond acceptors (Lipinski definition) is 5. The second kappa shape index (κ2) is 8.88. The molecule has 150 valence electrons. The Hall–Kier alpha value is -2.87. The van der Waals surface area contributed by atoms with Crippen LogP contribution < -0.4 is 14.4 Å². The molecule has 0 fully saturated rings. The standard InChI is InChI=1S/C20H24N2O5S/c1-5-19(20(24)21-16-8-6-7-15(13-16)14(2)23)22(28(4,25)26)17-9-11-18(27-3)12-10-17/h6-13,19H,5H2,1-4H3,(H,21,24). The Bertz CT molecular complexity index is 955. The van der Waals surface area contributed by atoms with Gasteiger partial charge in [0, 0.05) is 11.3 Å². The van der Waals surface area contributed by atoms with Crippen LogP contribution in [0.15, 0.2) is 48.5 Å². The second-order valence-electron chi connectivity index (χ2n) is 6.31. The number of hydrogen-bond donors (Lipinski definition) is 1. The fourth-order valence-electron chi connectivity index (χ4n) is 2.83. The van der Waals surface area contributed by atoms with Gasteiger partial charge in [0.05, 0.1) is 19.1 Å². The Morgan fingerprint density at radius 1 is 1.14 bits per heavy atom. The molecule has 0 aliphatic carbocycles. The zero-order chi connectivity index (χ0) is 20.9. The molecule has 1 atom stereocenters. The van der Waals surface area contributed by atoms with Crippen molar-refractivity contribution in [2.45, 2.75) is 26.3 Å². The minimum atomic E-state index is -3.73. The minimum absolute atomic E-state index is 0.126. The first kappa shape index (κ1) is 21.4. The third-order valence-electron chi connectivity index (χ3n) is 4.19. The molecule has 2 aromatic rings. The largest absolute Gasteiger partial charge is 0.497 e. The van der Waals surface area contributed by atoms with E-state index in [2.05, 4.69) is 5.32 Å². The van der Waals surface area contributed by atoms with Crippen molar-refractivity contribution in [1.29, 1.82) is 0 Å². The topological polar surface area (TPSA) is 92.8 Å². The van der Waals surface area contributed by atoms with Crippen molar-refractivity contribution in [3.05, 3.63) is 54.1 Å². The summed E-state index contributed by atoms with van der Waals surface area (Å²) in [5, 5.41) is 2.71. The van der Waals surface area contributed by atoms with Gasteiger partial charge in [0.15, 0.2) is 5.78 Å². The molecule has 1 unspecified atom stereocenters. The molecule has 1 amide bonds. The summed E-state index contributed by atoms with van der Waals surface area (Å²) in [6.45, 7) is 3.17. The highest BCUT2D eigenvalue weighted by atomic mass is 32.2. The molecular weight excluding hydrogens is 380 g/mol. The Morgan fingerprint density at radius 2 is 1.79 bits per heavy atom. The zero-order valence-electron chi connectivity index (χ0n) is 16.3. The van der Waals surface area contributed by atoms with Crippen molar-refractivity contribution in [3.8, 4) is 5.75 Å². The highest BCUT2D eigenvalue weighted by Crippen LogP contribution is 2.25. The van der Waals surface area contributed by atoms with Gasteiger partial charge in [-0.25, -0.2) is 8.42 Å². The monoisotopic (exact) mass is 404 g/mol. The molecule has 0 aliphatic heterocycles. The van der Waals surface area contributed by atoms with E-state index in [1.807, 2.05) is 0 Å². The predicted octanol–water partition coefficient (Wildman–Crippen LogP) is 3.08. The fourth-order valence-corrected chi connectivity index (χ4v) is 4.04. The number of benzene rings is 2. The van der Waals surface area contributed by atoms with Crippen LogP contribution in [0.4, 0.5) is 11.4 Å². The van der Waals surface area contributed by atoms with Crippen LogP contribution in [0.25, 0.3) is 0 Å². The van der Waals surface area contributed by atoms with E-state index in [0.717, 1.165) is 10.6 Å². The summed E-state index contributed by atoms with van der Waals surface area (Å²) < 4.78 is 31.1. The van der Waals surface area contributed by atoms with E-state index in [1.54, 1.807) is 55.5 Å². The van der Waals surface area contributed by atoms with Crippen LogP contribution in [0.5, 0.6) is 5.75 Å². The van der Waals surface area contributed by atoms with Crippen molar-refractivity contribution in [3.63, 3.8) is 0 Å². The predicted molar refractivity (Wildman–Crippen MR) is 109 cm³/mol. The van der Waals surface area contributed by atoms with E-state index in [4.69, 9.17) is 4.74 Å². The Kier molecular flexibility index (Phi) is 6.80. The molecule has 0 radical (unpaired) electrons. The first-order valence-corrected chi connectivity index (χ1v) is 10.6. The van der Waals surface area contributed by atoms with E-state index in [9.17, 15) is 18.0 Å². The number of ketones is 1. The van der Waals surface area contributed by atoms with Crippen LogP contribution in [0.3, 0.4) is 0 Å². The van der Waals surface area contributed by atoms with Gasteiger partial charge in [-0.1, -0.05) is 19.1 Å². The van der Waals surface area contributed by atoms with Gasteiger partial charge in [0.2, 0.25) is 15.9 Å². The number of anilines is 2. The highest BCUT2D eigenvalue weighted by Gasteiger charge is 2.31. The zero-order valence-corrected chi connectivity index (χ0v) is 17.1. The number of sulfonamides is 1. The lowest BCUT2D eigenvalue weighted by Gasteiger charge is -2.30. The number of Topliss-reactive ketones (excluding diaryl/α,β-unsaturated/α-hetero) is 1. The van der Waals surface area contributed by atoms with Gasteiger partial charge in [0.25, 0.3) is 0 Å². The van der Waals surface area contributed by atoms with E-state index < -0.39 is 22.0 Å². The summed E-state index contributed by atoms with van der Waals surface area (Å²) in [7, 11) is -2.22. The minimum Gasteiger partial charge on any atom is -0.497 e.